The zero-order chi connectivity index (χ0) is 10.9. The summed E-state index contributed by atoms with van der Waals surface area (Å²) in [5.74, 6) is 0.554. The van der Waals surface area contributed by atoms with Crippen molar-refractivity contribution in [2.24, 2.45) is 0 Å². The maximum atomic E-state index is 8.79. The number of hydrogen-bond acceptors (Lipinski definition) is 4. The van der Waals surface area contributed by atoms with E-state index in [0.717, 1.165) is 19.5 Å². The number of aromatic nitrogens is 1. The fourth-order valence-corrected chi connectivity index (χ4v) is 1.12. The number of nitrogens with zero attached hydrogens (tertiary/aromatic N) is 2. The molecule has 0 saturated heterocycles. The van der Waals surface area contributed by atoms with Crippen LogP contribution in [0.1, 0.15) is 18.9 Å². The van der Waals surface area contributed by atoms with E-state index in [-0.39, 0.29) is 0 Å². The molecule has 0 radical (unpaired) electrons. The molecule has 0 saturated carbocycles. The summed E-state index contributed by atoms with van der Waals surface area (Å²) >= 11 is 0. The molecule has 0 atom stereocenters. The molecule has 1 rings (SSSR count). The normalized spacial score (nSPS) is 9.60. The highest BCUT2D eigenvalue weighted by molar-refractivity contribution is 5.40. The molecular formula is C11H15N3O. The lowest BCUT2D eigenvalue weighted by Gasteiger charge is -2.07. The Bertz CT molecular complexity index is 333. The fraction of sp³-hybridized carbons (Fsp3) is 0.455. The molecule has 0 aliphatic heterocycles. The molecule has 1 aromatic heterocycles. The number of ether oxygens (including phenoxy) is 1. The van der Waals surface area contributed by atoms with Crippen molar-refractivity contribution in [2.45, 2.75) is 13.3 Å². The van der Waals surface area contributed by atoms with Gasteiger partial charge in [0, 0.05) is 12.7 Å². The topological polar surface area (TPSA) is 57.9 Å². The lowest BCUT2D eigenvalue weighted by molar-refractivity contribution is 0.312. The van der Waals surface area contributed by atoms with Gasteiger partial charge in [0.05, 0.1) is 11.8 Å². The molecule has 0 aliphatic rings. The average Bonchev–Trinajstić information content (AvgIpc) is 2.29. The molecule has 0 aliphatic carbocycles. The van der Waals surface area contributed by atoms with Crippen molar-refractivity contribution in [1.82, 2.24) is 10.3 Å². The summed E-state index contributed by atoms with van der Waals surface area (Å²) < 4.78 is 5.43. The highest BCUT2D eigenvalue weighted by Gasteiger charge is 2.01. The van der Waals surface area contributed by atoms with Crippen LogP contribution in [0.5, 0.6) is 5.75 Å². The summed E-state index contributed by atoms with van der Waals surface area (Å²) in [6.45, 7) is 4.44. The van der Waals surface area contributed by atoms with Crippen LogP contribution >= 0.6 is 0 Å². The molecule has 15 heavy (non-hydrogen) atoms. The Morgan fingerprint density at radius 3 is 3.13 bits per heavy atom. The Hall–Kier alpha value is -1.60. The van der Waals surface area contributed by atoms with E-state index < -0.39 is 0 Å². The second kappa shape index (κ2) is 6.80. The van der Waals surface area contributed by atoms with Gasteiger partial charge in [0.15, 0.2) is 5.75 Å². The minimum atomic E-state index is 0.528. The van der Waals surface area contributed by atoms with Crippen molar-refractivity contribution in [1.29, 1.82) is 5.26 Å². The highest BCUT2D eigenvalue weighted by Crippen LogP contribution is 2.14. The third-order valence-corrected chi connectivity index (χ3v) is 1.87. The zero-order valence-corrected chi connectivity index (χ0v) is 8.86. The Labute approximate surface area is 89.9 Å². The van der Waals surface area contributed by atoms with Crippen LogP contribution in [-0.4, -0.2) is 24.7 Å². The molecule has 0 aromatic carbocycles. The van der Waals surface area contributed by atoms with Crippen molar-refractivity contribution >= 4 is 0 Å². The average molecular weight is 205 g/mol. The van der Waals surface area contributed by atoms with Gasteiger partial charge in [-0.25, -0.2) is 0 Å². The molecular weight excluding hydrogens is 190 g/mol. The molecule has 0 amide bonds. The number of rotatable bonds is 6. The number of hydrogen-bond donors (Lipinski definition) is 1. The van der Waals surface area contributed by atoms with Crippen LogP contribution in [0.15, 0.2) is 18.5 Å². The van der Waals surface area contributed by atoms with Crippen LogP contribution in [0, 0.1) is 11.3 Å². The minimum absolute atomic E-state index is 0.528. The van der Waals surface area contributed by atoms with Gasteiger partial charge in [-0.3, -0.25) is 4.98 Å². The third kappa shape index (κ3) is 3.96. The van der Waals surface area contributed by atoms with E-state index in [1.807, 2.05) is 0 Å². The van der Waals surface area contributed by atoms with E-state index in [1.165, 1.54) is 0 Å². The Morgan fingerprint density at radius 1 is 1.53 bits per heavy atom. The third-order valence-electron chi connectivity index (χ3n) is 1.87. The summed E-state index contributed by atoms with van der Waals surface area (Å²) in [6, 6.07) is 3.71. The first-order chi connectivity index (χ1) is 7.38. The minimum Gasteiger partial charge on any atom is -0.489 e. The standard InChI is InChI=1S/C11H15N3O/c1-2-4-13-6-7-15-11-9-14-5-3-10(11)8-12/h3,5,9,13H,2,4,6-7H2,1H3. The largest absolute Gasteiger partial charge is 0.489 e. The molecule has 1 N–H and O–H groups in total. The van der Waals surface area contributed by atoms with E-state index in [9.17, 15) is 0 Å². The second-order valence-electron chi connectivity index (χ2n) is 3.08. The van der Waals surface area contributed by atoms with E-state index >= 15 is 0 Å². The second-order valence-corrected chi connectivity index (χ2v) is 3.08. The predicted octanol–water partition coefficient (Wildman–Crippen LogP) is 1.33. The molecule has 1 heterocycles. The first-order valence-electron chi connectivity index (χ1n) is 5.06. The lowest BCUT2D eigenvalue weighted by atomic mass is 10.3. The van der Waals surface area contributed by atoms with Crippen LogP contribution in [0.4, 0.5) is 0 Å². The summed E-state index contributed by atoms with van der Waals surface area (Å²) in [6.07, 6.45) is 4.26. The first-order valence-corrected chi connectivity index (χ1v) is 5.06. The molecule has 80 valence electrons. The van der Waals surface area contributed by atoms with Crippen LogP contribution in [0.3, 0.4) is 0 Å². The van der Waals surface area contributed by atoms with Gasteiger partial charge in [-0.05, 0) is 19.0 Å². The van der Waals surface area contributed by atoms with Gasteiger partial charge in [0.25, 0.3) is 0 Å². The monoisotopic (exact) mass is 205 g/mol. The maximum Gasteiger partial charge on any atom is 0.155 e. The van der Waals surface area contributed by atoms with E-state index in [4.69, 9.17) is 10.00 Å². The van der Waals surface area contributed by atoms with Crippen LogP contribution < -0.4 is 10.1 Å². The maximum absolute atomic E-state index is 8.79. The van der Waals surface area contributed by atoms with Crippen molar-refractivity contribution in [3.05, 3.63) is 24.0 Å². The van der Waals surface area contributed by atoms with Crippen molar-refractivity contribution in [3.8, 4) is 11.8 Å². The molecule has 0 spiro atoms. The SMILES string of the molecule is CCCNCCOc1cnccc1C#N. The predicted molar refractivity (Wildman–Crippen MR) is 57.6 cm³/mol. The quantitative estimate of drug-likeness (QED) is 0.712. The molecule has 4 nitrogen and oxygen atoms in total. The van der Waals surface area contributed by atoms with Gasteiger partial charge in [-0.1, -0.05) is 6.92 Å². The van der Waals surface area contributed by atoms with Crippen LogP contribution in [0.25, 0.3) is 0 Å². The fourth-order valence-electron chi connectivity index (χ4n) is 1.12. The summed E-state index contributed by atoms with van der Waals surface area (Å²) in [7, 11) is 0. The highest BCUT2D eigenvalue weighted by atomic mass is 16.5. The van der Waals surface area contributed by atoms with Gasteiger partial charge in [0.1, 0.15) is 12.7 Å². The van der Waals surface area contributed by atoms with Crippen molar-refractivity contribution in [2.75, 3.05) is 19.7 Å². The number of pyridine rings is 1. The van der Waals surface area contributed by atoms with Crippen LogP contribution in [0.2, 0.25) is 0 Å². The van der Waals surface area contributed by atoms with E-state index in [0.29, 0.717) is 17.9 Å². The van der Waals surface area contributed by atoms with Gasteiger partial charge < -0.3 is 10.1 Å². The van der Waals surface area contributed by atoms with Crippen LogP contribution in [-0.2, 0) is 0 Å². The van der Waals surface area contributed by atoms with Gasteiger partial charge in [0.2, 0.25) is 0 Å². The summed E-state index contributed by atoms with van der Waals surface area (Å²) in [5.41, 5.74) is 0.528. The summed E-state index contributed by atoms with van der Waals surface area (Å²) in [4.78, 5) is 3.91. The smallest absolute Gasteiger partial charge is 0.155 e. The van der Waals surface area contributed by atoms with E-state index in [1.54, 1.807) is 18.5 Å². The lowest BCUT2D eigenvalue weighted by Crippen LogP contribution is -2.21. The Balaban J connectivity index is 2.34. The summed E-state index contributed by atoms with van der Waals surface area (Å²) in [5, 5.41) is 12.0. The van der Waals surface area contributed by atoms with E-state index in [2.05, 4.69) is 23.3 Å². The molecule has 4 heteroatoms. The molecule has 0 fully saturated rings. The first kappa shape index (κ1) is 11.5. The number of nitriles is 1. The Kier molecular flexibility index (Phi) is 5.20. The van der Waals surface area contributed by atoms with Crippen molar-refractivity contribution < 1.29 is 4.74 Å². The zero-order valence-electron chi connectivity index (χ0n) is 8.86. The number of nitrogens with one attached hydrogen (secondary N) is 1. The van der Waals surface area contributed by atoms with Gasteiger partial charge in [-0.15, -0.1) is 0 Å². The van der Waals surface area contributed by atoms with Crippen molar-refractivity contribution in [3.63, 3.8) is 0 Å². The Morgan fingerprint density at radius 2 is 2.40 bits per heavy atom. The van der Waals surface area contributed by atoms with Gasteiger partial charge >= 0.3 is 0 Å². The molecule has 0 bridgehead atoms. The molecule has 1 aromatic rings. The molecule has 0 unspecified atom stereocenters. The van der Waals surface area contributed by atoms with Gasteiger partial charge in [-0.2, -0.15) is 5.26 Å².